The second-order valence-electron chi connectivity index (χ2n) is 8.13. The number of nitrogens with one attached hydrogen (secondary N) is 2. The maximum atomic E-state index is 12.5. The van der Waals surface area contributed by atoms with Crippen LogP contribution < -0.4 is 20.3 Å². The second kappa shape index (κ2) is 10.7. The molecule has 0 unspecified atom stereocenters. The number of benzene rings is 2. The van der Waals surface area contributed by atoms with Crippen LogP contribution in [-0.4, -0.2) is 25.5 Å². The van der Waals surface area contributed by atoms with Gasteiger partial charge in [0.15, 0.2) is 0 Å². The van der Waals surface area contributed by atoms with E-state index in [-0.39, 0.29) is 18.2 Å². The first kappa shape index (κ1) is 23.3. The number of carbonyl (C=O) groups is 2. The highest BCUT2D eigenvalue weighted by atomic mass is 16.5. The van der Waals surface area contributed by atoms with Crippen molar-refractivity contribution >= 4 is 11.8 Å². The molecule has 6 heteroatoms. The van der Waals surface area contributed by atoms with Crippen LogP contribution in [0.5, 0.6) is 11.5 Å². The minimum Gasteiger partial charge on any atom is -0.497 e. The number of amides is 2. The standard InChI is InChI=1S/C24H32N2O4/c1-17-7-8-18(2)21(15-17)30-14-6-13-24(3,4)23(28)26-25-22(27)16-19-9-11-20(29-5)12-10-19/h7-12,15H,6,13-14,16H2,1-5H3,(H,25,27)(H,26,28). The summed E-state index contributed by atoms with van der Waals surface area (Å²) in [5, 5.41) is 0. The summed E-state index contributed by atoms with van der Waals surface area (Å²) < 4.78 is 11.0. The Morgan fingerprint density at radius 2 is 1.70 bits per heavy atom. The number of hydrogen-bond donors (Lipinski definition) is 2. The van der Waals surface area contributed by atoms with Crippen molar-refractivity contribution in [1.82, 2.24) is 10.9 Å². The Morgan fingerprint density at radius 3 is 2.37 bits per heavy atom. The molecule has 0 atom stereocenters. The molecule has 2 aromatic carbocycles. The molecule has 0 spiro atoms. The van der Waals surface area contributed by atoms with Gasteiger partial charge < -0.3 is 9.47 Å². The topological polar surface area (TPSA) is 76.7 Å². The zero-order valence-electron chi connectivity index (χ0n) is 18.5. The molecule has 2 N–H and O–H groups in total. The van der Waals surface area contributed by atoms with Gasteiger partial charge in [-0.05, 0) is 61.6 Å². The molecular weight excluding hydrogens is 380 g/mol. The van der Waals surface area contributed by atoms with Gasteiger partial charge in [-0.15, -0.1) is 0 Å². The van der Waals surface area contributed by atoms with E-state index >= 15 is 0 Å². The largest absolute Gasteiger partial charge is 0.497 e. The number of rotatable bonds is 9. The molecule has 2 amide bonds. The lowest BCUT2D eigenvalue weighted by Crippen LogP contribution is -2.48. The van der Waals surface area contributed by atoms with Crippen LogP contribution in [0.3, 0.4) is 0 Å². The first-order valence-corrected chi connectivity index (χ1v) is 10.1. The monoisotopic (exact) mass is 412 g/mol. The predicted octanol–water partition coefficient (Wildman–Crippen LogP) is 3.89. The van der Waals surface area contributed by atoms with Gasteiger partial charge in [-0.3, -0.25) is 20.4 Å². The van der Waals surface area contributed by atoms with Gasteiger partial charge >= 0.3 is 0 Å². The van der Waals surface area contributed by atoms with E-state index in [1.165, 1.54) is 0 Å². The first-order chi connectivity index (χ1) is 14.2. The van der Waals surface area contributed by atoms with E-state index in [0.717, 1.165) is 34.6 Å². The van der Waals surface area contributed by atoms with Crippen molar-refractivity contribution in [1.29, 1.82) is 0 Å². The Kier molecular flexibility index (Phi) is 8.27. The van der Waals surface area contributed by atoms with Crippen molar-refractivity contribution in [2.24, 2.45) is 5.41 Å². The van der Waals surface area contributed by atoms with Crippen LogP contribution in [0, 0.1) is 19.3 Å². The molecule has 0 saturated heterocycles. The van der Waals surface area contributed by atoms with Crippen molar-refractivity contribution in [3.63, 3.8) is 0 Å². The minimum atomic E-state index is -0.627. The van der Waals surface area contributed by atoms with E-state index < -0.39 is 5.41 Å². The van der Waals surface area contributed by atoms with Crippen molar-refractivity contribution < 1.29 is 19.1 Å². The highest BCUT2D eigenvalue weighted by Crippen LogP contribution is 2.24. The van der Waals surface area contributed by atoms with Crippen molar-refractivity contribution in [2.75, 3.05) is 13.7 Å². The lowest BCUT2D eigenvalue weighted by molar-refractivity contribution is -0.134. The Bertz CT molecular complexity index is 860. The fourth-order valence-electron chi connectivity index (χ4n) is 2.94. The number of hydrogen-bond acceptors (Lipinski definition) is 4. The normalized spacial score (nSPS) is 11.0. The van der Waals surface area contributed by atoms with E-state index in [9.17, 15) is 9.59 Å². The highest BCUT2D eigenvalue weighted by molar-refractivity contribution is 5.86. The number of aryl methyl sites for hydroxylation is 2. The van der Waals surface area contributed by atoms with Crippen molar-refractivity contribution in [2.45, 2.75) is 47.0 Å². The number of ether oxygens (including phenoxy) is 2. The van der Waals surface area contributed by atoms with E-state index in [0.29, 0.717) is 13.0 Å². The summed E-state index contributed by atoms with van der Waals surface area (Å²) in [4.78, 5) is 24.6. The molecule has 0 saturated carbocycles. The van der Waals surface area contributed by atoms with Crippen molar-refractivity contribution in [3.05, 3.63) is 59.2 Å². The molecule has 0 heterocycles. The van der Waals surface area contributed by atoms with Crippen LogP contribution in [0.4, 0.5) is 0 Å². The molecule has 0 aliphatic heterocycles. The van der Waals surface area contributed by atoms with Gasteiger partial charge in [-0.25, -0.2) is 0 Å². The lowest BCUT2D eigenvalue weighted by atomic mass is 9.87. The van der Waals surface area contributed by atoms with Crippen LogP contribution in [0.15, 0.2) is 42.5 Å². The van der Waals surface area contributed by atoms with E-state index in [1.54, 1.807) is 19.2 Å². The third kappa shape index (κ3) is 7.10. The number of hydrazine groups is 1. The molecule has 6 nitrogen and oxygen atoms in total. The molecular formula is C24H32N2O4. The fourth-order valence-corrected chi connectivity index (χ4v) is 2.94. The van der Waals surface area contributed by atoms with Crippen LogP contribution in [0.25, 0.3) is 0 Å². The van der Waals surface area contributed by atoms with Crippen molar-refractivity contribution in [3.8, 4) is 11.5 Å². The minimum absolute atomic E-state index is 0.175. The third-order valence-corrected chi connectivity index (χ3v) is 5.00. The molecule has 0 bridgehead atoms. The summed E-state index contributed by atoms with van der Waals surface area (Å²) in [6, 6.07) is 13.3. The molecule has 0 fully saturated rings. The summed E-state index contributed by atoms with van der Waals surface area (Å²) >= 11 is 0. The Balaban J connectivity index is 1.73. The Labute approximate surface area is 178 Å². The van der Waals surface area contributed by atoms with E-state index in [2.05, 4.69) is 16.9 Å². The average Bonchev–Trinajstić information content (AvgIpc) is 2.72. The summed E-state index contributed by atoms with van der Waals surface area (Å²) in [6.45, 7) is 8.29. The van der Waals surface area contributed by atoms with Crippen LogP contribution in [0.1, 0.15) is 43.4 Å². The maximum Gasteiger partial charge on any atom is 0.244 e. The predicted molar refractivity (Wildman–Crippen MR) is 117 cm³/mol. The molecule has 0 radical (unpaired) electrons. The van der Waals surface area contributed by atoms with Crippen LogP contribution in [-0.2, 0) is 16.0 Å². The van der Waals surface area contributed by atoms with Gasteiger partial charge in [0.1, 0.15) is 11.5 Å². The summed E-state index contributed by atoms with van der Waals surface area (Å²) in [5.41, 5.74) is 7.49. The van der Waals surface area contributed by atoms with Crippen LogP contribution >= 0.6 is 0 Å². The van der Waals surface area contributed by atoms with Gasteiger partial charge in [0.25, 0.3) is 0 Å². The molecule has 0 aliphatic rings. The first-order valence-electron chi connectivity index (χ1n) is 10.1. The molecule has 2 aromatic rings. The molecule has 0 aliphatic carbocycles. The molecule has 0 aromatic heterocycles. The quantitative estimate of drug-likeness (QED) is 0.484. The zero-order valence-corrected chi connectivity index (χ0v) is 18.5. The second-order valence-corrected chi connectivity index (χ2v) is 8.13. The third-order valence-electron chi connectivity index (χ3n) is 5.00. The Morgan fingerprint density at radius 1 is 1.00 bits per heavy atom. The number of carbonyl (C=O) groups excluding carboxylic acids is 2. The maximum absolute atomic E-state index is 12.5. The van der Waals surface area contributed by atoms with Gasteiger partial charge in [-0.2, -0.15) is 0 Å². The van der Waals surface area contributed by atoms with Gasteiger partial charge in [0.05, 0.1) is 20.1 Å². The summed E-state index contributed by atoms with van der Waals surface area (Å²) in [7, 11) is 1.59. The summed E-state index contributed by atoms with van der Waals surface area (Å²) in [5.74, 6) is 1.11. The molecule has 2 rings (SSSR count). The smallest absolute Gasteiger partial charge is 0.244 e. The highest BCUT2D eigenvalue weighted by Gasteiger charge is 2.27. The van der Waals surface area contributed by atoms with Crippen LogP contribution in [0.2, 0.25) is 0 Å². The van der Waals surface area contributed by atoms with Gasteiger partial charge in [0, 0.05) is 5.41 Å². The van der Waals surface area contributed by atoms with E-state index in [4.69, 9.17) is 9.47 Å². The zero-order chi connectivity index (χ0) is 22.1. The molecule has 30 heavy (non-hydrogen) atoms. The van der Waals surface area contributed by atoms with Gasteiger partial charge in [0.2, 0.25) is 11.8 Å². The molecule has 162 valence electrons. The fraction of sp³-hybridized carbons (Fsp3) is 0.417. The lowest BCUT2D eigenvalue weighted by Gasteiger charge is -2.23. The average molecular weight is 413 g/mol. The summed E-state index contributed by atoms with van der Waals surface area (Å²) in [6.07, 6.45) is 1.54. The Hall–Kier alpha value is -3.02. The van der Waals surface area contributed by atoms with E-state index in [1.807, 2.05) is 52.0 Å². The SMILES string of the molecule is COc1ccc(CC(=O)NNC(=O)C(C)(C)CCCOc2cc(C)ccc2C)cc1. The van der Waals surface area contributed by atoms with Gasteiger partial charge in [-0.1, -0.05) is 38.1 Å². The number of methoxy groups -OCH3 is 1.